The molecular formula is C37H39ClN2O5S. The molecule has 0 bridgehead atoms. The summed E-state index contributed by atoms with van der Waals surface area (Å²) in [6, 6.07) is 22.3. The molecule has 1 aliphatic rings. The van der Waals surface area contributed by atoms with E-state index in [1.165, 1.54) is 42.6 Å². The van der Waals surface area contributed by atoms with Crippen LogP contribution in [0.25, 0.3) is 6.08 Å². The van der Waals surface area contributed by atoms with Gasteiger partial charge in [-0.3, -0.25) is 9.36 Å². The number of unbranched alkanes of at least 4 members (excludes halogenated alkanes) is 3. The molecule has 1 aromatic heterocycles. The van der Waals surface area contributed by atoms with Crippen LogP contribution in [0.3, 0.4) is 0 Å². The van der Waals surface area contributed by atoms with Gasteiger partial charge in [0.25, 0.3) is 5.56 Å². The lowest BCUT2D eigenvalue weighted by atomic mass is 9.96. The molecule has 0 N–H and O–H groups in total. The van der Waals surface area contributed by atoms with Crippen molar-refractivity contribution in [2.45, 2.75) is 58.9 Å². The second-order valence-corrected chi connectivity index (χ2v) is 12.5. The molecule has 0 radical (unpaired) electrons. The minimum atomic E-state index is -0.689. The first-order chi connectivity index (χ1) is 22.4. The minimum absolute atomic E-state index is 0.213. The highest BCUT2D eigenvalue weighted by Crippen LogP contribution is 2.31. The number of fused-ring (bicyclic) bond motifs is 1. The number of carbonyl (C=O) groups excluding carboxylic acids is 1. The van der Waals surface area contributed by atoms with Crippen molar-refractivity contribution < 1.29 is 19.0 Å². The zero-order valence-electron chi connectivity index (χ0n) is 26.5. The molecule has 2 heterocycles. The number of halogens is 1. The fraction of sp³-hybridized carbons (Fsp3) is 0.324. The van der Waals surface area contributed by atoms with Gasteiger partial charge in [0.05, 0.1) is 28.5 Å². The average molecular weight is 659 g/mol. The maximum atomic E-state index is 13.9. The normalized spacial score (nSPS) is 14.5. The van der Waals surface area contributed by atoms with E-state index in [9.17, 15) is 9.59 Å². The molecule has 4 aromatic rings. The molecule has 5 rings (SSSR count). The van der Waals surface area contributed by atoms with E-state index in [1.807, 2.05) is 54.6 Å². The van der Waals surface area contributed by atoms with Crippen LogP contribution in [-0.2, 0) is 16.0 Å². The van der Waals surface area contributed by atoms with Gasteiger partial charge in [-0.2, -0.15) is 0 Å². The van der Waals surface area contributed by atoms with Gasteiger partial charge in [0.2, 0.25) is 0 Å². The Kier molecular flexibility index (Phi) is 11.5. The van der Waals surface area contributed by atoms with Crippen LogP contribution < -0.4 is 24.4 Å². The van der Waals surface area contributed by atoms with Gasteiger partial charge >= 0.3 is 5.97 Å². The highest BCUT2D eigenvalue weighted by molar-refractivity contribution is 7.07. The molecule has 0 amide bonds. The van der Waals surface area contributed by atoms with Crippen LogP contribution in [-0.4, -0.2) is 30.4 Å². The zero-order chi connectivity index (χ0) is 32.5. The standard InChI is InChI=1S/C37H39ClN2O5S/c1-4-6-7-8-10-26-13-19-30(20-14-26)44-21-22-45-31-12-9-11-27(23-31)24-32-35(41)40-34(28-15-17-29(38)18-16-28)33(36(42)43-5-2)25(3)39-37(40)46-32/h9,11-20,23-24,34H,4-8,10,21-22H2,1-3H3/b32-24+. The zero-order valence-corrected chi connectivity index (χ0v) is 28.0. The maximum absolute atomic E-state index is 13.9. The van der Waals surface area contributed by atoms with E-state index in [-0.39, 0.29) is 12.2 Å². The fourth-order valence-corrected chi connectivity index (χ4v) is 6.60. The Morgan fingerprint density at radius 2 is 1.70 bits per heavy atom. The number of hydrogen-bond acceptors (Lipinski definition) is 7. The lowest BCUT2D eigenvalue weighted by molar-refractivity contribution is -0.139. The number of ether oxygens (including phenoxy) is 3. The summed E-state index contributed by atoms with van der Waals surface area (Å²) in [6.07, 6.45) is 7.94. The van der Waals surface area contributed by atoms with E-state index in [4.69, 9.17) is 25.8 Å². The predicted molar refractivity (Wildman–Crippen MR) is 184 cm³/mol. The first-order valence-electron chi connectivity index (χ1n) is 15.8. The number of esters is 1. The van der Waals surface area contributed by atoms with Crippen molar-refractivity contribution in [2.75, 3.05) is 19.8 Å². The molecule has 0 aliphatic carbocycles. The number of thiazole rings is 1. The molecule has 240 valence electrons. The van der Waals surface area contributed by atoms with Gasteiger partial charge in [-0.25, -0.2) is 9.79 Å². The van der Waals surface area contributed by atoms with Crippen LogP contribution in [0, 0.1) is 0 Å². The Bertz CT molecular complexity index is 1860. The number of carbonyl (C=O) groups is 1. The molecule has 0 saturated carbocycles. The fourth-order valence-electron chi connectivity index (χ4n) is 5.42. The van der Waals surface area contributed by atoms with Gasteiger partial charge in [0.1, 0.15) is 24.7 Å². The molecule has 1 atom stereocenters. The number of benzene rings is 3. The molecular weight excluding hydrogens is 620 g/mol. The van der Waals surface area contributed by atoms with Crippen molar-refractivity contribution in [2.24, 2.45) is 4.99 Å². The SMILES string of the molecule is CCCCCCc1ccc(OCCOc2cccc(/C=c3/sc4n(c3=O)C(c3ccc(Cl)cc3)C(C(=O)OCC)=C(C)N=4)c2)cc1. The van der Waals surface area contributed by atoms with Crippen LogP contribution in [0.5, 0.6) is 11.5 Å². The Morgan fingerprint density at radius 3 is 2.41 bits per heavy atom. The summed E-state index contributed by atoms with van der Waals surface area (Å²) in [5.41, 5.74) is 3.48. The van der Waals surface area contributed by atoms with Gasteiger partial charge < -0.3 is 14.2 Å². The first-order valence-corrected chi connectivity index (χ1v) is 17.0. The minimum Gasteiger partial charge on any atom is -0.490 e. The van der Waals surface area contributed by atoms with Crippen LogP contribution in [0.4, 0.5) is 0 Å². The largest absolute Gasteiger partial charge is 0.490 e. The van der Waals surface area contributed by atoms with E-state index < -0.39 is 12.0 Å². The summed E-state index contributed by atoms with van der Waals surface area (Å²) in [7, 11) is 0. The van der Waals surface area contributed by atoms with Crippen molar-refractivity contribution in [1.29, 1.82) is 0 Å². The second-order valence-electron chi connectivity index (χ2n) is 11.1. The molecule has 0 spiro atoms. The lowest BCUT2D eigenvalue weighted by Gasteiger charge is -2.24. The third kappa shape index (κ3) is 8.17. The van der Waals surface area contributed by atoms with Crippen LogP contribution >= 0.6 is 22.9 Å². The summed E-state index contributed by atoms with van der Waals surface area (Å²) >= 11 is 7.43. The number of allylic oxidation sites excluding steroid dienone is 1. The Balaban J connectivity index is 1.30. The van der Waals surface area contributed by atoms with Crippen molar-refractivity contribution in [1.82, 2.24) is 4.57 Å². The highest BCUT2D eigenvalue weighted by Gasteiger charge is 2.33. The number of aromatic nitrogens is 1. The highest BCUT2D eigenvalue weighted by atomic mass is 35.5. The maximum Gasteiger partial charge on any atom is 0.338 e. The number of hydrogen-bond donors (Lipinski definition) is 0. The van der Waals surface area contributed by atoms with Crippen molar-refractivity contribution in [3.63, 3.8) is 0 Å². The Labute approximate surface area is 278 Å². The van der Waals surface area contributed by atoms with E-state index in [2.05, 4.69) is 24.0 Å². The quantitative estimate of drug-likeness (QED) is 0.107. The third-order valence-corrected chi connectivity index (χ3v) is 8.96. The van der Waals surface area contributed by atoms with Gasteiger partial charge in [-0.05, 0) is 85.9 Å². The molecule has 0 fully saturated rings. The second kappa shape index (κ2) is 15.9. The molecule has 46 heavy (non-hydrogen) atoms. The summed E-state index contributed by atoms with van der Waals surface area (Å²) in [4.78, 5) is 32.1. The van der Waals surface area contributed by atoms with Crippen molar-refractivity contribution in [3.8, 4) is 11.5 Å². The van der Waals surface area contributed by atoms with Gasteiger partial charge in [0, 0.05) is 5.02 Å². The van der Waals surface area contributed by atoms with Gasteiger partial charge in [0.15, 0.2) is 4.80 Å². The molecule has 3 aromatic carbocycles. The topological polar surface area (TPSA) is 79.1 Å². The van der Waals surface area contributed by atoms with Crippen molar-refractivity contribution >= 4 is 35.0 Å². The Hall–Kier alpha value is -4.14. The molecule has 0 saturated heterocycles. The van der Waals surface area contributed by atoms with Gasteiger partial charge in [-0.15, -0.1) is 0 Å². The number of rotatable bonds is 14. The number of aryl methyl sites for hydroxylation is 1. The molecule has 7 nitrogen and oxygen atoms in total. The van der Waals surface area contributed by atoms with Gasteiger partial charge in [-0.1, -0.05) is 85.5 Å². The summed E-state index contributed by atoms with van der Waals surface area (Å²) in [5.74, 6) is 0.997. The summed E-state index contributed by atoms with van der Waals surface area (Å²) < 4.78 is 19.3. The third-order valence-electron chi connectivity index (χ3n) is 7.72. The predicted octanol–water partition coefficient (Wildman–Crippen LogP) is 7.03. The van der Waals surface area contributed by atoms with E-state index in [0.717, 1.165) is 23.3 Å². The molecule has 9 heteroatoms. The monoisotopic (exact) mass is 658 g/mol. The summed E-state index contributed by atoms with van der Waals surface area (Å²) in [6.45, 7) is 6.74. The van der Waals surface area contributed by atoms with Crippen LogP contribution in [0.1, 0.15) is 69.2 Å². The number of nitrogens with zero attached hydrogens (tertiary/aromatic N) is 2. The van der Waals surface area contributed by atoms with E-state index in [0.29, 0.717) is 44.6 Å². The first kappa shape index (κ1) is 33.2. The van der Waals surface area contributed by atoms with E-state index in [1.54, 1.807) is 30.5 Å². The average Bonchev–Trinajstić information content (AvgIpc) is 3.35. The molecule has 1 aliphatic heterocycles. The van der Waals surface area contributed by atoms with Crippen LogP contribution in [0.2, 0.25) is 5.02 Å². The van der Waals surface area contributed by atoms with Crippen LogP contribution in [0.15, 0.2) is 93.9 Å². The summed E-state index contributed by atoms with van der Waals surface area (Å²) in [5, 5.41) is 0.561. The smallest absolute Gasteiger partial charge is 0.338 e. The van der Waals surface area contributed by atoms with Crippen molar-refractivity contribution in [3.05, 3.63) is 125 Å². The lowest BCUT2D eigenvalue weighted by Crippen LogP contribution is -2.39. The molecule has 1 unspecified atom stereocenters. The Morgan fingerprint density at radius 1 is 0.957 bits per heavy atom. The van der Waals surface area contributed by atoms with E-state index >= 15 is 0 Å².